The van der Waals surface area contributed by atoms with Crippen LogP contribution >= 0.6 is 0 Å². The van der Waals surface area contributed by atoms with E-state index in [4.69, 9.17) is 5.11 Å². The number of aliphatic carboxylic acids is 1. The number of aryl methyl sites for hydroxylation is 1. The fourth-order valence-corrected chi connectivity index (χ4v) is 1.51. The standard InChI is InChI=1S/C14H20N2O3/c1-9-5-7-11(8-6-9)10(2)15-13(19)16-14(3,4)12(17)18/h5-8,10H,1-4H3,(H,17,18)(H2,15,16,19). The summed E-state index contributed by atoms with van der Waals surface area (Å²) in [5.74, 6) is -1.08. The van der Waals surface area contributed by atoms with Gasteiger partial charge in [0.25, 0.3) is 0 Å². The summed E-state index contributed by atoms with van der Waals surface area (Å²) in [6.07, 6.45) is 0. The van der Waals surface area contributed by atoms with Crippen molar-refractivity contribution in [3.63, 3.8) is 0 Å². The van der Waals surface area contributed by atoms with Crippen LogP contribution in [0, 0.1) is 6.92 Å². The molecule has 0 saturated carbocycles. The molecule has 19 heavy (non-hydrogen) atoms. The van der Waals surface area contributed by atoms with Crippen molar-refractivity contribution in [1.29, 1.82) is 0 Å². The molecule has 1 rings (SSSR count). The fourth-order valence-electron chi connectivity index (χ4n) is 1.51. The molecule has 0 radical (unpaired) electrons. The molecule has 0 heterocycles. The van der Waals surface area contributed by atoms with Crippen LogP contribution in [0.15, 0.2) is 24.3 Å². The Bertz CT molecular complexity index is 466. The highest BCUT2D eigenvalue weighted by Gasteiger charge is 2.29. The van der Waals surface area contributed by atoms with Crippen LogP contribution in [0.2, 0.25) is 0 Å². The van der Waals surface area contributed by atoms with Crippen molar-refractivity contribution in [1.82, 2.24) is 10.6 Å². The van der Waals surface area contributed by atoms with Gasteiger partial charge >= 0.3 is 12.0 Å². The molecule has 104 valence electrons. The minimum atomic E-state index is -1.29. The number of nitrogens with one attached hydrogen (secondary N) is 2. The zero-order valence-electron chi connectivity index (χ0n) is 11.7. The number of carboxylic acids is 1. The molecule has 5 nitrogen and oxygen atoms in total. The first-order chi connectivity index (χ1) is 8.72. The fraction of sp³-hybridized carbons (Fsp3) is 0.429. The maximum Gasteiger partial charge on any atom is 0.328 e. The third-order valence-corrected chi connectivity index (χ3v) is 2.89. The van der Waals surface area contributed by atoms with Gasteiger partial charge in [-0.1, -0.05) is 29.8 Å². The third kappa shape index (κ3) is 4.28. The van der Waals surface area contributed by atoms with Crippen molar-refractivity contribution < 1.29 is 14.7 Å². The maximum absolute atomic E-state index is 11.7. The summed E-state index contributed by atoms with van der Waals surface area (Å²) in [6, 6.07) is 7.11. The normalized spacial score (nSPS) is 12.6. The van der Waals surface area contributed by atoms with Crippen molar-refractivity contribution in [2.75, 3.05) is 0 Å². The molecule has 1 aromatic carbocycles. The van der Waals surface area contributed by atoms with Crippen molar-refractivity contribution in [2.45, 2.75) is 39.3 Å². The number of amides is 2. The number of urea groups is 1. The molecule has 1 unspecified atom stereocenters. The van der Waals surface area contributed by atoms with Gasteiger partial charge in [0, 0.05) is 0 Å². The molecule has 0 aliphatic rings. The monoisotopic (exact) mass is 264 g/mol. The molecule has 1 atom stereocenters. The van der Waals surface area contributed by atoms with E-state index in [0.717, 1.165) is 11.1 Å². The number of benzene rings is 1. The number of carbonyl (C=O) groups excluding carboxylic acids is 1. The summed E-state index contributed by atoms with van der Waals surface area (Å²) in [5, 5.41) is 14.1. The highest BCUT2D eigenvalue weighted by atomic mass is 16.4. The Morgan fingerprint density at radius 3 is 2.21 bits per heavy atom. The van der Waals surface area contributed by atoms with E-state index in [-0.39, 0.29) is 6.04 Å². The van der Waals surface area contributed by atoms with E-state index in [9.17, 15) is 9.59 Å². The van der Waals surface area contributed by atoms with Crippen molar-refractivity contribution in [3.05, 3.63) is 35.4 Å². The predicted molar refractivity (Wildman–Crippen MR) is 73.0 cm³/mol. The minimum absolute atomic E-state index is 0.190. The average molecular weight is 264 g/mol. The molecule has 1 aromatic rings. The first-order valence-electron chi connectivity index (χ1n) is 6.11. The molecule has 0 saturated heterocycles. The molecule has 0 aliphatic carbocycles. The van der Waals surface area contributed by atoms with Gasteiger partial charge in [-0.2, -0.15) is 0 Å². The smallest absolute Gasteiger partial charge is 0.328 e. The van der Waals surface area contributed by atoms with Gasteiger partial charge in [-0.05, 0) is 33.3 Å². The van der Waals surface area contributed by atoms with E-state index >= 15 is 0 Å². The Balaban J connectivity index is 2.62. The van der Waals surface area contributed by atoms with E-state index in [2.05, 4.69) is 10.6 Å². The van der Waals surface area contributed by atoms with Gasteiger partial charge in [0.1, 0.15) is 5.54 Å². The van der Waals surface area contributed by atoms with Crippen LogP contribution in [0.25, 0.3) is 0 Å². The van der Waals surface area contributed by atoms with E-state index < -0.39 is 17.5 Å². The van der Waals surface area contributed by atoms with Crippen molar-refractivity contribution in [3.8, 4) is 0 Å². The minimum Gasteiger partial charge on any atom is -0.480 e. The second-order valence-corrected chi connectivity index (χ2v) is 5.16. The lowest BCUT2D eigenvalue weighted by molar-refractivity contribution is -0.142. The van der Waals surface area contributed by atoms with Gasteiger partial charge in [0.15, 0.2) is 0 Å². The molecule has 2 amide bonds. The lowest BCUT2D eigenvalue weighted by atomic mass is 10.1. The highest BCUT2D eigenvalue weighted by molar-refractivity contribution is 5.85. The van der Waals surface area contributed by atoms with E-state index in [0.29, 0.717) is 0 Å². The Labute approximate surface area is 113 Å². The molecule has 0 fully saturated rings. The van der Waals surface area contributed by atoms with Crippen LogP contribution < -0.4 is 10.6 Å². The molecule has 3 N–H and O–H groups in total. The summed E-state index contributed by atoms with van der Waals surface area (Å²) in [4.78, 5) is 22.6. The molecular weight excluding hydrogens is 244 g/mol. The van der Waals surface area contributed by atoms with Crippen molar-refractivity contribution >= 4 is 12.0 Å². The van der Waals surface area contributed by atoms with Gasteiger partial charge in [0.2, 0.25) is 0 Å². The Kier molecular flexibility index (Phi) is 4.53. The summed E-state index contributed by atoms with van der Waals surface area (Å²) < 4.78 is 0. The van der Waals surface area contributed by atoms with Gasteiger partial charge in [-0.15, -0.1) is 0 Å². The lowest BCUT2D eigenvalue weighted by Gasteiger charge is -2.23. The second-order valence-electron chi connectivity index (χ2n) is 5.16. The van der Waals surface area contributed by atoms with Crippen molar-refractivity contribution in [2.24, 2.45) is 0 Å². The molecule has 0 aliphatic heterocycles. The molecule has 5 heteroatoms. The Morgan fingerprint density at radius 2 is 1.74 bits per heavy atom. The molecule has 0 spiro atoms. The SMILES string of the molecule is Cc1ccc(C(C)NC(=O)NC(C)(C)C(=O)O)cc1. The van der Waals surface area contributed by atoms with E-state index in [1.165, 1.54) is 13.8 Å². The van der Waals surface area contributed by atoms with Gasteiger partial charge in [0.05, 0.1) is 6.04 Å². The van der Waals surface area contributed by atoms with Gasteiger partial charge < -0.3 is 15.7 Å². The van der Waals surface area contributed by atoms with Crippen LogP contribution in [0.1, 0.15) is 37.9 Å². The number of carbonyl (C=O) groups is 2. The van der Waals surface area contributed by atoms with Gasteiger partial charge in [-0.25, -0.2) is 9.59 Å². The number of hydrogen-bond donors (Lipinski definition) is 3. The largest absolute Gasteiger partial charge is 0.480 e. The quantitative estimate of drug-likeness (QED) is 0.780. The van der Waals surface area contributed by atoms with Gasteiger partial charge in [-0.3, -0.25) is 0 Å². The molecule has 0 aromatic heterocycles. The molecular formula is C14H20N2O3. The number of rotatable bonds is 4. The summed E-state index contributed by atoms with van der Waals surface area (Å²) in [6.45, 7) is 6.71. The Hall–Kier alpha value is -2.04. The molecule has 0 bridgehead atoms. The van der Waals surface area contributed by atoms with E-state index in [1.807, 2.05) is 38.1 Å². The zero-order chi connectivity index (χ0) is 14.6. The first kappa shape index (κ1) is 15.0. The zero-order valence-corrected chi connectivity index (χ0v) is 11.7. The van der Waals surface area contributed by atoms with Crippen LogP contribution in [-0.2, 0) is 4.79 Å². The van der Waals surface area contributed by atoms with E-state index in [1.54, 1.807) is 0 Å². The summed E-state index contributed by atoms with van der Waals surface area (Å²) in [7, 11) is 0. The Morgan fingerprint density at radius 1 is 1.21 bits per heavy atom. The van der Waals surface area contributed by atoms with Crippen LogP contribution in [0.3, 0.4) is 0 Å². The number of hydrogen-bond acceptors (Lipinski definition) is 2. The summed E-state index contributed by atoms with van der Waals surface area (Å²) in [5.41, 5.74) is 0.818. The number of carboxylic acid groups (broad SMARTS) is 1. The average Bonchev–Trinajstić information content (AvgIpc) is 2.28. The predicted octanol–water partition coefficient (Wildman–Crippen LogP) is 2.22. The van der Waals surface area contributed by atoms with Crippen LogP contribution in [-0.4, -0.2) is 22.6 Å². The second kappa shape index (κ2) is 5.73. The third-order valence-electron chi connectivity index (χ3n) is 2.89. The summed E-state index contributed by atoms with van der Waals surface area (Å²) >= 11 is 0. The highest BCUT2D eigenvalue weighted by Crippen LogP contribution is 2.13. The first-order valence-corrected chi connectivity index (χ1v) is 6.11. The van der Waals surface area contributed by atoms with Crippen LogP contribution in [0.4, 0.5) is 4.79 Å². The topological polar surface area (TPSA) is 78.4 Å². The van der Waals surface area contributed by atoms with Crippen LogP contribution in [0.5, 0.6) is 0 Å². The maximum atomic E-state index is 11.7. The lowest BCUT2D eigenvalue weighted by Crippen LogP contribution is -2.53.